The van der Waals surface area contributed by atoms with Crippen molar-refractivity contribution in [2.45, 2.75) is 6.92 Å². The minimum Gasteiger partial charge on any atom is -0.181 e. The van der Waals surface area contributed by atoms with Crippen molar-refractivity contribution in [1.29, 1.82) is 0 Å². The van der Waals surface area contributed by atoms with Gasteiger partial charge in [0.25, 0.3) is 0 Å². The summed E-state index contributed by atoms with van der Waals surface area (Å²) in [5.74, 6) is 0. The molecule has 0 unspecified atom stereocenters. The maximum Gasteiger partial charge on any atom is 0.0905 e. The van der Waals surface area contributed by atoms with Gasteiger partial charge in [0.2, 0.25) is 0 Å². The fourth-order valence-electron chi connectivity index (χ4n) is 0.447. The molecule has 1 aromatic heterocycles. The second kappa shape index (κ2) is 2.33. The Hall–Kier alpha value is -0.280. The molecule has 1 nitrogen and oxygen atoms in total. The zero-order chi connectivity index (χ0) is 5.98. The van der Waals surface area contributed by atoms with Crippen molar-refractivity contribution in [2.75, 3.05) is 0 Å². The molecule has 8 heavy (non-hydrogen) atoms. The molecule has 0 radical (unpaired) electrons. The summed E-state index contributed by atoms with van der Waals surface area (Å²) < 4.78 is 3.62. The SMILES string of the molecule is Cc1cscc1N=S. The molecule has 1 rings (SSSR count). The Bertz CT molecular complexity index is 192. The van der Waals surface area contributed by atoms with E-state index in [0.29, 0.717) is 0 Å². The minimum atomic E-state index is 0.935. The molecule has 0 aliphatic rings. The molecule has 1 aromatic rings. The first kappa shape index (κ1) is 5.85. The summed E-state index contributed by atoms with van der Waals surface area (Å²) >= 11 is 6.12. The molecule has 0 bridgehead atoms. The van der Waals surface area contributed by atoms with Gasteiger partial charge in [-0.1, -0.05) is 0 Å². The monoisotopic (exact) mass is 143 g/mol. The van der Waals surface area contributed by atoms with Crippen molar-refractivity contribution < 1.29 is 0 Å². The lowest BCUT2D eigenvalue weighted by Crippen LogP contribution is -1.57. The van der Waals surface area contributed by atoms with Crippen molar-refractivity contribution in [1.82, 2.24) is 0 Å². The standard InChI is InChI=1S/C5H5NS2/c1-4-2-8-3-5(4)6-7/h2-3H,1H3. The molecule has 0 N–H and O–H groups in total. The van der Waals surface area contributed by atoms with E-state index in [4.69, 9.17) is 0 Å². The van der Waals surface area contributed by atoms with Gasteiger partial charge in [-0.3, -0.25) is 0 Å². The van der Waals surface area contributed by atoms with Crippen LogP contribution in [0.4, 0.5) is 5.69 Å². The highest BCUT2D eigenvalue weighted by Gasteiger charge is 1.92. The first-order chi connectivity index (χ1) is 3.84. The summed E-state index contributed by atoms with van der Waals surface area (Å²) in [5.41, 5.74) is 2.11. The zero-order valence-electron chi connectivity index (χ0n) is 4.42. The summed E-state index contributed by atoms with van der Waals surface area (Å²) in [6.07, 6.45) is 0. The summed E-state index contributed by atoms with van der Waals surface area (Å²) in [6, 6.07) is 0. The third kappa shape index (κ3) is 0.928. The van der Waals surface area contributed by atoms with Crippen molar-refractivity contribution in [3.63, 3.8) is 0 Å². The van der Waals surface area contributed by atoms with Crippen LogP contribution in [0.2, 0.25) is 0 Å². The molecule has 0 aliphatic carbocycles. The van der Waals surface area contributed by atoms with Crippen molar-refractivity contribution in [2.24, 2.45) is 4.36 Å². The molecular weight excluding hydrogens is 138 g/mol. The topological polar surface area (TPSA) is 12.4 Å². The Labute approximate surface area is 57.5 Å². The van der Waals surface area contributed by atoms with E-state index in [1.54, 1.807) is 11.3 Å². The first-order valence-corrected chi connectivity index (χ1v) is 3.51. The van der Waals surface area contributed by atoms with E-state index in [2.05, 4.69) is 16.8 Å². The van der Waals surface area contributed by atoms with Crippen molar-refractivity contribution in [3.05, 3.63) is 16.3 Å². The van der Waals surface area contributed by atoms with Crippen LogP contribution in [0.25, 0.3) is 0 Å². The van der Waals surface area contributed by atoms with E-state index >= 15 is 0 Å². The molecule has 0 saturated heterocycles. The Morgan fingerprint density at radius 2 is 2.38 bits per heavy atom. The highest BCUT2D eigenvalue weighted by atomic mass is 32.1. The Morgan fingerprint density at radius 1 is 1.62 bits per heavy atom. The number of hydrogen-bond acceptors (Lipinski definition) is 3. The Balaban J connectivity index is 3.09. The van der Waals surface area contributed by atoms with Gasteiger partial charge in [-0.15, -0.1) is 11.3 Å². The quantitative estimate of drug-likeness (QED) is 0.588. The lowest BCUT2D eigenvalue weighted by molar-refractivity contribution is 1.49. The van der Waals surface area contributed by atoms with E-state index in [-0.39, 0.29) is 0 Å². The van der Waals surface area contributed by atoms with Crippen LogP contribution >= 0.6 is 11.3 Å². The maximum absolute atomic E-state index is 4.49. The molecular formula is C5H5NS2. The summed E-state index contributed by atoms with van der Waals surface area (Å²) in [7, 11) is 0. The highest BCUT2D eigenvalue weighted by molar-refractivity contribution is 7.47. The fourth-order valence-corrected chi connectivity index (χ4v) is 1.47. The summed E-state index contributed by atoms with van der Waals surface area (Å²) in [5, 5.41) is 3.98. The van der Waals surface area contributed by atoms with Crippen LogP contribution < -0.4 is 0 Å². The van der Waals surface area contributed by atoms with Gasteiger partial charge in [0, 0.05) is 17.8 Å². The van der Waals surface area contributed by atoms with E-state index in [0.717, 1.165) is 5.69 Å². The number of thiophene rings is 1. The van der Waals surface area contributed by atoms with Gasteiger partial charge < -0.3 is 0 Å². The Kier molecular flexibility index (Phi) is 1.70. The van der Waals surface area contributed by atoms with Gasteiger partial charge in [-0.2, -0.15) is 4.36 Å². The highest BCUT2D eigenvalue weighted by Crippen LogP contribution is 2.21. The van der Waals surface area contributed by atoms with Gasteiger partial charge in [0.05, 0.1) is 5.69 Å². The molecule has 3 heteroatoms. The first-order valence-electron chi connectivity index (χ1n) is 2.20. The molecule has 0 aromatic carbocycles. The predicted octanol–water partition coefficient (Wildman–Crippen LogP) is 2.42. The number of rotatable bonds is 1. The number of aryl methyl sites for hydroxylation is 1. The van der Waals surface area contributed by atoms with Crippen LogP contribution in [-0.2, 0) is 12.4 Å². The van der Waals surface area contributed by atoms with Crippen LogP contribution in [0, 0.1) is 6.92 Å². The lowest BCUT2D eigenvalue weighted by Gasteiger charge is -1.80. The smallest absolute Gasteiger partial charge is 0.0905 e. The predicted molar refractivity (Wildman–Crippen MR) is 38.5 cm³/mol. The van der Waals surface area contributed by atoms with Crippen LogP contribution in [0.5, 0.6) is 0 Å². The largest absolute Gasteiger partial charge is 0.181 e. The van der Waals surface area contributed by atoms with Crippen LogP contribution in [0.15, 0.2) is 15.1 Å². The van der Waals surface area contributed by atoms with Crippen LogP contribution in [0.1, 0.15) is 5.56 Å². The normalized spacial score (nSPS) is 9.12. The fraction of sp³-hybridized carbons (Fsp3) is 0.200. The van der Waals surface area contributed by atoms with Gasteiger partial charge in [-0.05, 0) is 17.9 Å². The van der Waals surface area contributed by atoms with E-state index < -0.39 is 0 Å². The van der Waals surface area contributed by atoms with Crippen molar-refractivity contribution >= 4 is 29.4 Å². The summed E-state index contributed by atoms with van der Waals surface area (Å²) in [4.78, 5) is 0. The summed E-state index contributed by atoms with van der Waals surface area (Å²) in [6.45, 7) is 2.00. The van der Waals surface area contributed by atoms with Gasteiger partial charge >= 0.3 is 0 Å². The molecule has 0 fully saturated rings. The molecule has 0 aliphatic heterocycles. The van der Waals surface area contributed by atoms with Gasteiger partial charge in [0.1, 0.15) is 0 Å². The molecule has 0 atom stereocenters. The van der Waals surface area contributed by atoms with E-state index in [1.807, 2.05) is 17.7 Å². The molecule has 0 spiro atoms. The van der Waals surface area contributed by atoms with Crippen molar-refractivity contribution in [3.8, 4) is 0 Å². The molecule has 0 amide bonds. The average molecular weight is 143 g/mol. The maximum atomic E-state index is 4.49. The minimum absolute atomic E-state index is 0.935. The molecule has 1 heterocycles. The average Bonchev–Trinajstić information content (AvgIpc) is 2.14. The number of nitrogens with zero attached hydrogens (tertiary/aromatic N) is 1. The van der Waals surface area contributed by atoms with E-state index in [9.17, 15) is 0 Å². The number of hydrogen-bond donors (Lipinski definition) is 0. The second-order valence-corrected chi connectivity index (χ2v) is 2.46. The third-order valence-electron chi connectivity index (χ3n) is 0.927. The molecule has 42 valence electrons. The van der Waals surface area contributed by atoms with Crippen LogP contribution in [-0.4, -0.2) is 0 Å². The zero-order valence-corrected chi connectivity index (χ0v) is 6.05. The van der Waals surface area contributed by atoms with Gasteiger partial charge in [0.15, 0.2) is 0 Å². The third-order valence-corrected chi connectivity index (χ3v) is 1.97. The van der Waals surface area contributed by atoms with Gasteiger partial charge in [-0.25, -0.2) is 0 Å². The van der Waals surface area contributed by atoms with E-state index in [1.165, 1.54) is 5.56 Å². The lowest BCUT2D eigenvalue weighted by atomic mass is 10.3. The Morgan fingerprint density at radius 3 is 2.62 bits per heavy atom. The van der Waals surface area contributed by atoms with Crippen LogP contribution in [0.3, 0.4) is 0 Å². The second-order valence-electron chi connectivity index (χ2n) is 1.53. The molecule has 0 saturated carbocycles.